The molecule has 0 fully saturated rings. The van der Waals surface area contributed by atoms with E-state index in [1.807, 2.05) is 42.5 Å². The second kappa shape index (κ2) is 7.29. The molecule has 0 spiro atoms. The van der Waals surface area contributed by atoms with Crippen LogP contribution in [0.2, 0.25) is 5.02 Å². The number of hydrogen-bond donors (Lipinski definition) is 2. The average Bonchev–Trinajstić information content (AvgIpc) is 2.59. The highest BCUT2D eigenvalue weighted by molar-refractivity contribution is 7.86. The molecule has 0 unspecified atom stereocenters. The molecule has 3 aromatic rings. The molecular formula is C19H14ClNO4S. The SMILES string of the molecule is O=C(/C=C/c1ccc2ccccc2c1)Nc1cc(Cl)ccc1S(=O)(=O)O. The fraction of sp³-hybridized carbons (Fsp3) is 0. The smallest absolute Gasteiger partial charge is 0.296 e. The summed E-state index contributed by atoms with van der Waals surface area (Å²) >= 11 is 5.83. The molecule has 0 aliphatic carbocycles. The van der Waals surface area contributed by atoms with E-state index in [-0.39, 0.29) is 10.7 Å². The molecule has 0 aliphatic heterocycles. The zero-order valence-corrected chi connectivity index (χ0v) is 15.0. The number of hydrogen-bond acceptors (Lipinski definition) is 3. The zero-order valence-electron chi connectivity index (χ0n) is 13.4. The second-order valence-electron chi connectivity index (χ2n) is 5.54. The van der Waals surface area contributed by atoms with E-state index in [0.29, 0.717) is 0 Å². The zero-order chi connectivity index (χ0) is 18.7. The molecule has 2 N–H and O–H groups in total. The Hall–Kier alpha value is -2.67. The monoisotopic (exact) mass is 387 g/mol. The Bertz CT molecular complexity index is 1120. The summed E-state index contributed by atoms with van der Waals surface area (Å²) in [6.45, 7) is 0. The van der Waals surface area contributed by atoms with Gasteiger partial charge in [0.15, 0.2) is 0 Å². The fourth-order valence-corrected chi connectivity index (χ4v) is 3.28. The van der Waals surface area contributed by atoms with Gasteiger partial charge in [-0.3, -0.25) is 9.35 Å². The summed E-state index contributed by atoms with van der Waals surface area (Å²) in [5.74, 6) is -0.551. The van der Waals surface area contributed by atoms with E-state index in [1.165, 1.54) is 18.2 Å². The van der Waals surface area contributed by atoms with Crippen molar-refractivity contribution < 1.29 is 17.8 Å². The summed E-state index contributed by atoms with van der Waals surface area (Å²) in [5, 5.41) is 4.77. The van der Waals surface area contributed by atoms with Crippen LogP contribution < -0.4 is 5.32 Å². The Morgan fingerprint density at radius 1 is 1.00 bits per heavy atom. The van der Waals surface area contributed by atoms with Crippen molar-refractivity contribution in [3.63, 3.8) is 0 Å². The van der Waals surface area contributed by atoms with Crippen LogP contribution in [0, 0.1) is 0 Å². The molecule has 7 heteroatoms. The number of amides is 1. The number of halogens is 1. The predicted molar refractivity (Wildman–Crippen MR) is 103 cm³/mol. The van der Waals surface area contributed by atoms with E-state index >= 15 is 0 Å². The van der Waals surface area contributed by atoms with Crippen LogP contribution >= 0.6 is 11.6 Å². The maximum Gasteiger partial charge on any atom is 0.296 e. The van der Waals surface area contributed by atoms with Crippen molar-refractivity contribution in [3.05, 3.63) is 77.3 Å². The largest absolute Gasteiger partial charge is 0.321 e. The molecule has 0 saturated heterocycles. The molecule has 0 aliphatic rings. The lowest BCUT2D eigenvalue weighted by Gasteiger charge is -2.08. The number of benzene rings is 3. The molecular weight excluding hydrogens is 374 g/mol. The van der Waals surface area contributed by atoms with E-state index < -0.39 is 20.9 Å². The number of carbonyl (C=O) groups is 1. The molecule has 0 aromatic heterocycles. The lowest BCUT2D eigenvalue weighted by Crippen LogP contribution is -2.12. The van der Waals surface area contributed by atoms with Gasteiger partial charge in [0.05, 0.1) is 5.69 Å². The summed E-state index contributed by atoms with van der Waals surface area (Å²) in [5.41, 5.74) is 0.730. The molecule has 0 bridgehead atoms. The summed E-state index contributed by atoms with van der Waals surface area (Å²) in [4.78, 5) is 11.7. The highest BCUT2D eigenvalue weighted by atomic mass is 35.5. The van der Waals surface area contributed by atoms with Crippen LogP contribution in [0.4, 0.5) is 5.69 Å². The maximum absolute atomic E-state index is 12.1. The van der Waals surface area contributed by atoms with Gasteiger partial charge in [0.2, 0.25) is 5.91 Å². The van der Waals surface area contributed by atoms with Gasteiger partial charge >= 0.3 is 0 Å². The Morgan fingerprint density at radius 3 is 2.46 bits per heavy atom. The Kier molecular flexibility index (Phi) is 5.08. The first-order valence-corrected chi connectivity index (χ1v) is 9.40. The van der Waals surface area contributed by atoms with Crippen LogP contribution in [0.15, 0.2) is 71.6 Å². The van der Waals surface area contributed by atoms with Gasteiger partial charge in [0, 0.05) is 11.1 Å². The van der Waals surface area contributed by atoms with Crippen LogP contribution in [0.3, 0.4) is 0 Å². The molecule has 5 nitrogen and oxygen atoms in total. The summed E-state index contributed by atoms with van der Waals surface area (Å²) in [6, 6.07) is 17.3. The summed E-state index contributed by atoms with van der Waals surface area (Å²) in [7, 11) is -4.48. The molecule has 0 atom stereocenters. The van der Waals surface area contributed by atoms with Gasteiger partial charge in [0.1, 0.15) is 4.90 Å². The first-order valence-electron chi connectivity index (χ1n) is 7.58. The third kappa shape index (κ3) is 4.29. The highest BCUT2D eigenvalue weighted by Crippen LogP contribution is 2.25. The summed E-state index contributed by atoms with van der Waals surface area (Å²) < 4.78 is 32.0. The molecule has 3 aromatic carbocycles. The van der Waals surface area contributed by atoms with Gasteiger partial charge in [0.25, 0.3) is 10.1 Å². The first-order chi connectivity index (χ1) is 12.3. The highest BCUT2D eigenvalue weighted by Gasteiger charge is 2.16. The van der Waals surface area contributed by atoms with Crippen molar-refractivity contribution in [1.82, 2.24) is 0 Å². The third-order valence-corrected chi connectivity index (χ3v) is 4.82. The lowest BCUT2D eigenvalue weighted by atomic mass is 10.1. The molecule has 0 heterocycles. The van der Waals surface area contributed by atoms with Crippen LogP contribution in [-0.4, -0.2) is 18.9 Å². The van der Waals surface area contributed by atoms with Crippen LogP contribution in [0.1, 0.15) is 5.56 Å². The molecule has 3 rings (SSSR count). The van der Waals surface area contributed by atoms with Crippen molar-refractivity contribution >= 4 is 50.2 Å². The Morgan fingerprint density at radius 2 is 1.73 bits per heavy atom. The number of anilines is 1. The standard InChI is InChI=1S/C19H14ClNO4S/c20-16-8-9-18(26(23,24)25)17(12-16)21-19(22)10-6-13-5-7-14-3-1-2-4-15(14)11-13/h1-12H,(H,21,22)(H,23,24,25)/b10-6+. The van der Waals surface area contributed by atoms with Gasteiger partial charge in [-0.15, -0.1) is 0 Å². The summed E-state index contributed by atoms with van der Waals surface area (Å²) in [6.07, 6.45) is 2.89. The van der Waals surface area contributed by atoms with Crippen LogP contribution in [0.25, 0.3) is 16.8 Å². The predicted octanol–water partition coefficient (Wildman–Crippen LogP) is 4.39. The lowest BCUT2D eigenvalue weighted by molar-refractivity contribution is -0.111. The minimum absolute atomic E-state index is 0.0897. The van der Waals surface area contributed by atoms with E-state index in [9.17, 15) is 17.8 Å². The molecule has 132 valence electrons. The normalized spacial score (nSPS) is 11.8. The number of fused-ring (bicyclic) bond motifs is 1. The van der Waals surface area contributed by atoms with Crippen LogP contribution in [-0.2, 0) is 14.9 Å². The van der Waals surface area contributed by atoms with Gasteiger partial charge < -0.3 is 5.32 Å². The topological polar surface area (TPSA) is 83.5 Å². The van der Waals surface area contributed by atoms with Gasteiger partial charge in [-0.1, -0.05) is 48.0 Å². The van der Waals surface area contributed by atoms with Crippen molar-refractivity contribution in [2.24, 2.45) is 0 Å². The quantitative estimate of drug-likeness (QED) is 0.513. The second-order valence-corrected chi connectivity index (χ2v) is 7.37. The van der Waals surface area contributed by atoms with Gasteiger partial charge in [-0.25, -0.2) is 0 Å². The van der Waals surface area contributed by atoms with E-state index in [4.69, 9.17) is 11.6 Å². The first kappa shape index (κ1) is 18.1. The number of nitrogens with one attached hydrogen (secondary N) is 1. The average molecular weight is 388 g/mol. The molecule has 1 amide bonds. The van der Waals surface area contributed by atoms with Crippen molar-refractivity contribution in [2.75, 3.05) is 5.32 Å². The van der Waals surface area contributed by atoms with Gasteiger partial charge in [-0.2, -0.15) is 8.42 Å². The van der Waals surface area contributed by atoms with E-state index in [2.05, 4.69) is 5.32 Å². The molecule has 0 radical (unpaired) electrons. The Balaban J connectivity index is 1.82. The number of rotatable bonds is 4. The molecule has 26 heavy (non-hydrogen) atoms. The maximum atomic E-state index is 12.1. The molecule has 0 saturated carbocycles. The van der Waals surface area contributed by atoms with E-state index in [1.54, 1.807) is 6.08 Å². The number of carbonyl (C=O) groups excluding carboxylic acids is 1. The van der Waals surface area contributed by atoms with Crippen molar-refractivity contribution in [3.8, 4) is 0 Å². The third-order valence-electron chi connectivity index (χ3n) is 3.68. The van der Waals surface area contributed by atoms with Crippen molar-refractivity contribution in [2.45, 2.75) is 4.90 Å². The minimum Gasteiger partial charge on any atom is -0.321 e. The van der Waals surface area contributed by atoms with Crippen LogP contribution in [0.5, 0.6) is 0 Å². The van der Waals surface area contributed by atoms with Crippen molar-refractivity contribution in [1.29, 1.82) is 0 Å². The van der Waals surface area contributed by atoms with E-state index in [0.717, 1.165) is 22.4 Å². The minimum atomic E-state index is -4.48. The van der Waals surface area contributed by atoms with Gasteiger partial charge in [-0.05, 0) is 46.7 Å². The fourth-order valence-electron chi connectivity index (χ4n) is 2.48. The Labute approximate surface area is 155 Å².